The first kappa shape index (κ1) is 22.2. The summed E-state index contributed by atoms with van der Waals surface area (Å²) >= 11 is 0. The summed E-state index contributed by atoms with van der Waals surface area (Å²) in [6.45, 7) is 3.84. The van der Waals surface area contributed by atoms with Gasteiger partial charge in [-0.15, -0.1) is 5.10 Å². The minimum Gasteiger partial charge on any atom is -0.349 e. The van der Waals surface area contributed by atoms with Gasteiger partial charge in [-0.25, -0.2) is 13.6 Å². The Bertz CT molecular complexity index is 1560. The number of sulfonamides is 1. The van der Waals surface area contributed by atoms with Crippen LogP contribution in [0.1, 0.15) is 34.3 Å². The lowest BCUT2D eigenvalue weighted by molar-refractivity contribution is 0.0951. The standard InChI is InChI=1S/C26H24N4O3S/c1-15-3-4-18(26(31)29-20-6-7-20)13-24(15)17-5-9-23-19(12-17)14-28-30-25(23)22-10-8-21(11-16(22)2)34(27,32)33/h3-5,8-14,20H,6-7H2,1-2H3,(H,29,31)(H2,27,32,33). The summed E-state index contributed by atoms with van der Waals surface area (Å²) < 4.78 is 23.4. The van der Waals surface area contributed by atoms with Crippen LogP contribution in [-0.2, 0) is 10.0 Å². The molecule has 0 unspecified atom stereocenters. The molecule has 1 aliphatic carbocycles. The van der Waals surface area contributed by atoms with Gasteiger partial charge in [-0.1, -0.05) is 24.3 Å². The highest BCUT2D eigenvalue weighted by molar-refractivity contribution is 7.89. The Balaban J connectivity index is 1.56. The monoisotopic (exact) mass is 472 g/mol. The summed E-state index contributed by atoms with van der Waals surface area (Å²) in [6, 6.07) is 16.8. The van der Waals surface area contributed by atoms with Crippen molar-refractivity contribution in [3.05, 3.63) is 77.5 Å². The molecule has 3 aromatic carbocycles. The Morgan fingerprint density at radius 1 is 0.971 bits per heavy atom. The number of primary sulfonamides is 1. The molecule has 0 atom stereocenters. The fraction of sp³-hybridized carbons (Fsp3) is 0.192. The molecule has 172 valence electrons. The summed E-state index contributed by atoms with van der Waals surface area (Å²) in [6.07, 6.45) is 3.79. The Hall–Kier alpha value is -3.62. The predicted octanol–water partition coefficient (Wildman–Crippen LogP) is 4.12. The van der Waals surface area contributed by atoms with Crippen molar-refractivity contribution in [1.29, 1.82) is 0 Å². The van der Waals surface area contributed by atoms with Crippen LogP contribution in [0.2, 0.25) is 0 Å². The van der Waals surface area contributed by atoms with E-state index in [0.29, 0.717) is 17.3 Å². The number of hydrogen-bond acceptors (Lipinski definition) is 5. The Morgan fingerprint density at radius 2 is 1.76 bits per heavy atom. The number of aromatic nitrogens is 2. The molecule has 0 saturated heterocycles. The van der Waals surface area contributed by atoms with Crippen LogP contribution in [0.4, 0.5) is 0 Å². The molecule has 1 aliphatic rings. The molecule has 3 N–H and O–H groups in total. The SMILES string of the molecule is Cc1ccc(C(=O)NC2CC2)cc1-c1ccc2c(-c3ccc(S(N)(=O)=O)cc3C)nncc2c1. The third-order valence-electron chi connectivity index (χ3n) is 6.17. The number of nitrogens with one attached hydrogen (secondary N) is 1. The van der Waals surface area contributed by atoms with Gasteiger partial charge in [0.2, 0.25) is 10.0 Å². The highest BCUT2D eigenvalue weighted by Gasteiger charge is 2.24. The zero-order valence-corrected chi connectivity index (χ0v) is 19.7. The molecule has 1 amide bonds. The van der Waals surface area contributed by atoms with Gasteiger partial charge in [-0.3, -0.25) is 4.79 Å². The van der Waals surface area contributed by atoms with Crippen molar-refractivity contribution in [2.75, 3.05) is 0 Å². The molecule has 1 saturated carbocycles. The van der Waals surface area contributed by atoms with Gasteiger partial charge in [0.05, 0.1) is 11.1 Å². The number of fused-ring (bicyclic) bond motifs is 1. The predicted molar refractivity (Wildman–Crippen MR) is 132 cm³/mol. The van der Waals surface area contributed by atoms with Crippen molar-refractivity contribution in [3.8, 4) is 22.4 Å². The quantitative estimate of drug-likeness (QED) is 0.453. The number of amides is 1. The van der Waals surface area contributed by atoms with E-state index in [1.165, 1.54) is 6.07 Å². The second-order valence-corrected chi connectivity index (χ2v) is 10.4. The van der Waals surface area contributed by atoms with Crippen LogP contribution >= 0.6 is 0 Å². The number of hydrogen-bond donors (Lipinski definition) is 2. The fourth-order valence-corrected chi connectivity index (χ4v) is 4.70. The van der Waals surface area contributed by atoms with Gasteiger partial charge in [0.15, 0.2) is 0 Å². The van der Waals surface area contributed by atoms with Gasteiger partial charge in [0.1, 0.15) is 5.69 Å². The highest BCUT2D eigenvalue weighted by atomic mass is 32.2. The van der Waals surface area contributed by atoms with E-state index >= 15 is 0 Å². The van der Waals surface area contributed by atoms with Crippen LogP contribution in [0.3, 0.4) is 0 Å². The largest absolute Gasteiger partial charge is 0.349 e. The fourth-order valence-electron chi connectivity index (χ4n) is 4.10. The Labute approximate surface area is 198 Å². The van der Waals surface area contributed by atoms with E-state index in [2.05, 4.69) is 15.5 Å². The number of carbonyl (C=O) groups excluding carboxylic acids is 1. The van der Waals surface area contributed by atoms with Gasteiger partial charge in [0, 0.05) is 27.9 Å². The molecule has 0 spiro atoms. The smallest absolute Gasteiger partial charge is 0.251 e. The number of aryl methyl sites for hydroxylation is 2. The Morgan fingerprint density at radius 3 is 2.47 bits per heavy atom. The Kier molecular flexibility index (Phi) is 5.42. The van der Waals surface area contributed by atoms with Crippen molar-refractivity contribution in [2.45, 2.75) is 37.6 Å². The maximum absolute atomic E-state index is 12.5. The maximum atomic E-state index is 12.5. The molecule has 0 bridgehead atoms. The van der Waals surface area contributed by atoms with Gasteiger partial charge in [-0.05, 0) is 79.3 Å². The number of carbonyl (C=O) groups is 1. The summed E-state index contributed by atoms with van der Waals surface area (Å²) in [5, 5.41) is 18.6. The summed E-state index contributed by atoms with van der Waals surface area (Å²) in [7, 11) is -3.78. The lowest BCUT2D eigenvalue weighted by atomic mass is 9.94. The topological polar surface area (TPSA) is 115 Å². The lowest BCUT2D eigenvalue weighted by Crippen LogP contribution is -2.25. The second-order valence-electron chi connectivity index (χ2n) is 8.79. The number of nitrogens with zero attached hydrogens (tertiary/aromatic N) is 2. The minimum atomic E-state index is -3.78. The van der Waals surface area contributed by atoms with Crippen LogP contribution < -0.4 is 10.5 Å². The molecule has 7 nitrogen and oxygen atoms in total. The molecule has 0 aliphatic heterocycles. The average Bonchev–Trinajstić information content (AvgIpc) is 3.62. The molecule has 34 heavy (non-hydrogen) atoms. The maximum Gasteiger partial charge on any atom is 0.251 e. The zero-order chi connectivity index (χ0) is 24.0. The van der Waals surface area contributed by atoms with Crippen LogP contribution in [0, 0.1) is 13.8 Å². The third-order valence-corrected chi connectivity index (χ3v) is 7.08. The second kappa shape index (κ2) is 8.30. The molecule has 4 aromatic rings. The van der Waals surface area contributed by atoms with E-state index in [4.69, 9.17) is 5.14 Å². The van der Waals surface area contributed by atoms with Gasteiger partial charge in [-0.2, -0.15) is 5.10 Å². The van der Waals surface area contributed by atoms with Gasteiger partial charge >= 0.3 is 0 Å². The van der Waals surface area contributed by atoms with Crippen molar-refractivity contribution in [1.82, 2.24) is 15.5 Å². The first-order valence-electron chi connectivity index (χ1n) is 11.0. The van der Waals surface area contributed by atoms with Crippen LogP contribution in [0.15, 0.2) is 65.7 Å². The van der Waals surface area contributed by atoms with E-state index in [1.807, 2.05) is 50.2 Å². The van der Waals surface area contributed by atoms with Gasteiger partial charge < -0.3 is 5.32 Å². The van der Waals surface area contributed by atoms with Crippen molar-refractivity contribution >= 4 is 26.7 Å². The third kappa shape index (κ3) is 4.30. The van der Waals surface area contributed by atoms with E-state index in [0.717, 1.165) is 51.4 Å². The number of rotatable bonds is 5. The van der Waals surface area contributed by atoms with E-state index in [1.54, 1.807) is 18.3 Å². The first-order valence-corrected chi connectivity index (χ1v) is 12.6. The first-order chi connectivity index (χ1) is 16.2. The molecule has 1 aromatic heterocycles. The molecule has 1 fully saturated rings. The van der Waals surface area contributed by atoms with E-state index in [9.17, 15) is 13.2 Å². The lowest BCUT2D eigenvalue weighted by Gasteiger charge is -2.12. The van der Waals surface area contributed by atoms with E-state index in [-0.39, 0.29) is 10.8 Å². The van der Waals surface area contributed by atoms with Crippen LogP contribution in [-0.4, -0.2) is 30.6 Å². The molecule has 8 heteroatoms. The van der Waals surface area contributed by atoms with Crippen molar-refractivity contribution in [2.24, 2.45) is 5.14 Å². The van der Waals surface area contributed by atoms with Crippen molar-refractivity contribution in [3.63, 3.8) is 0 Å². The molecular weight excluding hydrogens is 448 g/mol. The van der Waals surface area contributed by atoms with Crippen LogP contribution in [0.25, 0.3) is 33.2 Å². The minimum absolute atomic E-state index is 0.0453. The zero-order valence-electron chi connectivity index (χ0n) is 18.9. The van der Waals surface area contributed by atoms with Gasteiger partial charge in [0.25, 0.3) is 5.91 Å². The highest BCUT2D eigenvalue weighted by Crippen LogP contribution is 2.33. The molecular formula is C26H24N4O3S. The molecule has 0 radical (unpaired) electrons. The molecule has 5 rings (SSSR count). The number of nitrogens with two attached hydrogens (primary N) is 1. The average molecular weight is 473 g/mol. The summed E-state index contributed by atoms with van der Waals surface area (Å²) in [5.41, 5.74) is 5.86. The normalized spacial score (nSPS) is 13.7. The summed E-state index contributed by atoms with van der Waals surface area (Å²) in [4.78, 5) is 12.6. The summed E-state index contributed by atoms with van der Waals surface area (Å²) in [5.74, 6) is -0.0453. The van der Waals surface area contributed by atoms with E-state index < -0.39 is 10.0 Å². The number of benzene rings is 3. The molecule has 1 heterocycles. The van der Waals surface area contributed by atoms with Crippen molar-refractivity contribution < 1.29 is 13.2 Å². The van der Waals surface area contributed by atoms with Crippen LogP contribution in [0.5, 0.6) is 0 Å².